The minimum absolute atomic E-state index is 0.0679. The summed E-state index contributed by atoms with van der Waals surface area (Å²) in [5.41, 5.74) is -1.65. The molecular formula is C31H37NO9. The minimum Gasteiger partial charge on any atom is -0.497 e. The van der Waals surface area contributed by atoms with Gasteiger partial charge in [-0.3, -0.25) is 14.5 Å². The number of unbranched alkanes of at least 4 members (excludes halogenated alkanes) is 1. The predicted molar refractivity (Wildman–Crippen MR) is 146 cm³/mol. The second kappa shape index (κ2) is 11.7. The number of methoxy groups -OCH3 is 1. The second-order valence-corrected chi connectivity index (χ2v) is 11.1. The number of hydrogen-bond donors (Lipinski definition) is 1. The van der Waals surface area contributed by atoms with Crippen LogP contribution in [0.15, 0.2) is 48.5 Å². The van der Waals surface area contributed by atoms with Crippen LogP contribution in [0.5, 0.6) is 11.5 Å². The van der Waals surface area contributed by atoms with E-state index in [9.17, 15) is 19.5 Å². The molecule has 0 aliphatic carbocycles. The molecule has 2 aromatic carbocycles. The molecule has 3 aliphatic heterocycles. The molecular weight excluding hydrogens is 530 g/mol. The normalized spacial score (nSPS) is 27.9. The molecule has 10 heteroatoms. The van der Waals surface area contributed by atoms with E-state index in [4.69, 9.17) is 23.7 Å². The van der Waals surface area contributed by atoms with Gasteiger partial charge in [0, 0.05) is 19.4 Å². The number of ether oxygens (including phenoxy) is 5. The summed E-state index contributed by atoms with van der Waals surface area (Å²) in [6, 6.07) is 15.9. The smallest absolute Gasteiger partial charge is 0.342 e. The Morgan fingerprint density at radius 1 is 0.951 bits per heavy atom. The van der Waals surface area contributed by atoms with Crippen molar-refractivity contribution in [3.8, 4) is 11.5 Å². The number of fused-ring (bicyclic) bond motifs is 2. The van der Waals surface area contributed by atoms with Crippen LogP contribution in [-0.2, 0) is 41.4 Å². The Morgan fingerprint density at radius 2 is 1.71 bits per heavy atom. The Balaban J connectivity index is 1.28. The first-order valence-electron chi connectivity index (χ1n) is 14.1. The van der Waals surface area contributed by atoms with Gasteiger partial charge in [0.1, 0.15) is 11.5 Å². The maximum absolute atomic E-state index is 13.0. The van der Waals surface area contributed by atoms with Crippen LogP contribution in [0.1, 0.15) is 56.1 Å². The Kier molecular flexibility index (Phi) is 8.24. The maximum atomic E-state index is 13.0. The molecule has 3 aliphatic rings. The van der Waals surface area contributed by atoms with E-state index in [0.717, 1.165) is 37.0 Å². The van der Waals surface area contributed by atoms with E-state index in [1.807, 2.05) is 36.4 Å². The van der Waals surface area contributed by atoms with Gasteiger partial charge in [0.15, 0.2) is 5.60 Å². The van der Waals surface area contributed by atoms with Crippen molar-refractivity contribution >= 4 is 17.9 Å². The van der Waals surface area contributed by atoms with Gasteiger partial charge in [0.2, 0.25) is 5.72 Å². The van der Waals surface area contributed by atoms with Gasteiger partial charge in [-0.05, 0) is 68.5 Å². The predicted octanol–water partition coefficient (Wildman–Crippen LogP) is 3.32. The molecule has 1 spiro atoms. The van der Waals surface area contributed by atoms with Crippen molar-refractivity contribution in [3.05, 3.63) is 59.7 Å². The summed E-state index contributed by atoms with van der Waals surface area (Å²) in [5, 5.41) is 10.8. The molecule has 2 aromatic rings. The molecule has 0 aromatic heterocycles. The van der Waals surface area contributed by atoms with Crippen molar-refractivity contribution in [2.45, 2.75) is 74.9 Å². The number of carbonyl (C=O) groups is 3. The van der Waals surface area contributed by atoms with Crippen molar-refractivity contribution in [1.82, 2.24) is 4.90 Å². The van der Waals surface area contributed by atoms with E-state index in [1.54, 1.807) is 19.1 Å². The molecule has 1 N–H and O–H groups in total. The highest BCUT2D eigenvalue weighted by Crippen LogP contribution is 2.48. The Hall–Kier alpha value is -3.63. The number of aliphatic hydroxyl groups is 1. The quantitative estimate of drug-likeness (QED) is 0.338. The number of piperidine rings is 1. The van der Waals surface area contributed by atoms with Crippen LogP contribution < -0.4 is 9.47 Å². The topological polar surface area (TPSA) is 121 Å². The zero-order valence-corrected chi connectivity index (χ0v) is 23.6. The van der Waals surface area contributed by atoms with Crippen molar-refractivity contribution < 1.29 is 43.2 Å². The number of likely N-dealkylation sites (tertiary alicyclic amines) is 1. The van der Waals surface area contributed by atoms with Crippen LogP contribution in [0, 0.1) is 0 Å². The molecule has 41 heavy (non-hydrogen) atoms. The van der Waals surface area contributed by atoms with Gasteiger partial charge in [-0.15, -0.1) is 0 Å². The van der Waals surface area contributed by atoms with Gasteiger partial charge in [0.05, 0.1) is 26.6 Å². The van der Waals surface area contributed by atoms with Crippen molar-refractivity contribution in [1.29, 1.82) is 0 Å². The van der Waals surface area contributed by atoms with Crippen molar-refractivity contribution in [2.75, 3.05) is 27.3 Å². The summed E-state index contributed by atoms with van der Waals surface area (Å²) in [5.74, 6) is -3.02. The largest absolute Gasteiger partial charge is 0.497 e. The number of likely N-dealkylation sites (N-methyl/N-ethyl adjacent to an activating group) is 1. The molecule has 3 fully saturated rings. The van der Waals surface area contributed by atoms with Crippen molar-refractivity contribution in [3.63, 3.8) is 0 Å². The number of esters is 3. The standard InChI is InChI=1S/C31H37NO9/c1-32-17-8-15-31-30(32,39-26(33)20-29(36,28(35)41-31)21-27(34)40-31)16-18-38-25-14-6-5-12-23(25)11-4-3-9-22-10-7-13-24(19-22)37-2/h5-7,10,12-14,19,36H,3-4,8-9,11,15-18,20-21H2,1-2H3. The summed E-state index contributed by atoms with van der Waals surface area (Å²) >= 11 is 0. The van der Waals surface area contributed by atoms with Crippen molar-refractivity contribution in [2.24, 2.45) is 0 Å². The van der Waals surface area contributed by atoms with Crippen LogP contribution in [-0.4, -0.2) is 72.3 Å². The number of carbonyl (C=O) groups excluding carboxylic acids is 3. The maximum Gasteiger partial charge on any atom is 0.342 e. The van der Waals surface area contributed by atoms with Crippen LogP contribution >= 0.6 is 0 Å². The van der Waals surface area contributed by atoms with Crippen LogP contribution in [0.4, 0.5) is 0 Å². The fourth-order valence-corrected chi connectivity index (χ4v) is 6.08. The highest BCUT2D eigenvalue weighted by Gasteiger charge is 2.69. The van der Waals surface area contributed by atoms with Gasteiger partial charge in [-0.25, -0.2) is 4.79 Å². The molecule has 0 amide bonds. The van der Waals surface area contributed by atoms with E-state index < -0.39 is 47.9 Å². The van der Waals surface area contributed by atoms with Crippen LogP contribution in [0.25, 0.3) is 0 Å². The molecule has 10 nitrogen and oxygen atoms in total. The van der Waals surface area contributed by atoms with E-state index >= 15 is 0 Å². The lowest BCUT2D eigenvalue weighted by molar-refractivity contribution is -0.352. The first-order valence-corrected chi connectivity index (χ1v) is 14.1. The molecule has 3 atom stereocenters. The fourth-order valence-electron chi connectivity index (χ4n) is 6.08. The van der Waals surface area contributed by atoms with Crippen LogP contribution in [0.2, 0.25) is 0 Å². The molecule has 3 heterocycles. The van der Waals surface area contributed by atoms with E-state index in [0.29, 0.717) is 18.7 Å². The van der Waals surface area contributed by atoms with E-state index in [-0.39, 0.29) is 19.4 Å². The molecule has 3 saturated heterocycles. The van der Waals surface area contributed by atoms with Gasteiger partial charge in [0.25, 0.3) is 0 Å². The lowest BCUT2D eigenvalue weighted by Crippen LogP contribution is -2.72. The molecule has 3 unspecified atom stereocenters. The summed E-state index contributed by atoms with van der Waals surface area (Å²) in [7, 11) is 3.39. The third-order valence-electron chi connectivity index (χ3n) is 8.25. The molecule has 220 valence electrons. The fraction of sp³-hybridized carbons (Fsp3) is 0.516. The zero-order chi connectivity index (χ0) is 29.1. The molecule has 0 radical (unpaired) electrons. The number of aryl methyl sites for hydroxylation is 2. The molecule has 2 bridgehead atoms. The molecule has 0 saturated carbocycles. The third-order valence-corrected chi connectivity index (χ3v) is 8.25. The SMILES string of the molecule is COc1cccc(CCCCc2ccccc2OCCC23OC(=O)CC4(O)CC(=O)OC2(CCCN3C)OC4=O)c1. The zero-order valence-electron chi connectivity index (χ0n) is 23.6. The highest BCUT2D eigenvalue weighted by molar-refractivity contribution is 5.92. The summed E-state index contributed by atoms with van der Waals surface area (Å²) < 4.78 is 29.0. The number of nitrogens with zero attached hydrogens (tertiary/aromatic N) is 1. The lowest BCUT2D eigenvalue weighted by Gasteiger charge is -2.54. The average Bonchev–Trinajstić information content (AvgIpc) is 3.00. The van der Waals surface area contributed by atoms with Gasteiger partial charge < -0.3 is 28.8 Å². The monoisotopic (exact) mass is 567 g/mol. The van der Waals surface area contributed by atoms with Gasteiger partial charge >= 0.3 is 23.7 Å². The third kappa shape index (κ3) is 5.76. The molecule has 5 rings (SSSR count). The number of rotatable bonds is 10. The van der Waals surface area contributed by atoms with Gasteiger partial charge in [-0.1, -0.05) is 30.3 Å². The average molecular weight is 568 g/mol. The lowest BCUT2D eigenvalue weighted by atomic mass is 9.87. The number of benzene rings is 2. The first kappa shape index (κ1) is 28.9. The summed E-state index contributed by atoms with van der Waals surface area (Å²) in [4.78, 5) is 40.4. The highest BCUT2D eigenvalue weighted by atomic mass is 16.8. The number of para-hydroxylation sites is 1. The minimum atomic E-state index is -2.32. The van der Waals surface area contributed by atoms with E-state index in [2.05, 4.69) is 12.1 Å². The van der Waals surface area contributed by atoms with Crippen LogP contribution in [0.3, 0.4) is 0 Å². The summed E-state index contributed by atoms with van der Waals surface area (Å²) in [6.07, 6.45) is 3.05. The summed E-state index contributed by atoms with van der Waals surface area (Å²) in [6.45, 7) is 0.609. The first-order chi connectivity index (χ1) is 19.7. The van der Waals surface area contributed by atoms with E-state index in [1.165, 1.54) is 5.56 Å². The van der Waals surface area contributed by atoms with Gasteiger partial charge in [-0.2, -0.15) is 0 Å². The Labute approximate surface area is 239 Å². The Bertz CT molecular complexity index is 1300. The Morgan fingerprint density at radius 3 is 2.51 bits per heavy atom. The number of hydrogen-bond acceptors (Lipinski definition) is 10. The second-order valence-electron chi connectivity index (χ2n) is 11.1.